The summed E-state index contributed by atoms with van der Waals surface area (Å²) in [6, 6.07) is 64.8. The second kappa shape index (κ2) is 12.8. The number of para-hydroxylation sites is 1. The van der Waals surface area contributed by atoms with Crippen molar-refractivity contribution in [2.75, 3.05) is 0 Å². The second-order valence-electron chi connectivity index (χ2n) is 12.8. The molecule has 0 fully saturated rings. The zero-order valence-corrected chi connectivity index (χ0v) is 27.5. The number of benzene rings is 7. The monoisotopic (exact) mass is 638 g/mol. The van der Waals surface area contributed by atoms with Gasteiger partial charge < -0.3 is 5.32 Å². The summed E-state index contributed by atoms with van der Waals surface area (Å²) in [7, 11) is 0. The Labute approximate surface area is 292 Å². The van der Waals surface area contributed by atoms with E-state index in [2.05, 4.69) is 199 Å². The quantitative estimate of drug-likeness (QED) is 0.183. The maximum absolute atomic E-state index is 5.21. The SMILES string of the molecule is C1=C(c2ccc(-c3ccc(-c4nc5ccccc5c5c(-c6ccccc6)cccc45)cc3)cc2)C=C(c2ccccc2)NC1c1ccccc1. The minimum atomic E-state index is 0.0854. The molecule has 0 radical (unpaired) electrons. The first-order chi connectivity index (χ1) is 24.8. The van der Waals surface area contributed by atoms with Gasteiger partial charge in [0, 0.05) is 27.4 Å². The van der Waals surface area contributed by atoms with Crippen LogP contribution in [-0.4, -0.2) is 4.98 Å². The van der Waals surface area contributed by atoms with Crippen molar-refractivity contribution >= 4 is 32.9 Å². The third-order valence-corrected chi connectivity index (χ3v) is 9.72. The smallest absolute Gasteiger partial charge is 0.0788 e. The number of hydrogen-bond acceptors (Lipinski definition) is 2. The predicted molar refractivity (Wildman–Crippen MR) is 210 cm³/mol. The molecule has 0 saturated carbocycles. The molecular weight excluding hydrogens is 605 g/mol. The number of fused-ring (bicyclic) bond motifs is 3. The molecule has 0 spiro atoms. The molecule has 8 aromatic rings. The summed E-state index contributed by atoms with van der Waals surface area (Å²) in [5.74, 6) is 0. The van der Waals surface area contributed by atoms with Crippen LogP contribution in [0, 0.1) is 0 Å². The van der Waals surface area contributed by atoms with Crippen LogP contribution < -0.4 is 5.32 Å². The first-order valence-corrected chi connectivity index (χ1v) is 17.2. The lowest BCUT2D eigenvalue weighted by atomic mass is 9.92. The number of hydrogen-bond donors (Lipinski definition) is 1. The summed E-state index contributed by atoms with van der Waals surface area (Å²) in [6.45, 7) is 0. The highest BCUT2D eigenvalue weighted by Crippen LogP contribution is 2.39. The van der Waals surface area contributed by atoms with Crippen molar-refractivity contribution in [1.29, 1.82) is 0 Å². The molecule has 1 aromatic heterocycles. The molecule has 236 valence electrons. The average molecular weight is 639 g/mol. The molecule has 2 heterocycles. The molecule has 0 aliphatic carbocycles. The van der Waals surface area contributed by atoms with Gasteiger partial charge in [-0.1, -0.05) is 176 Å². The lowest BCUT2D eigenvalue weighted by Gasteiger charge is -2.25. The van der Waals surface area contributed by atoms with Gasteiger partial charge in [-0.3, -0.25) is 0 Å². The molecule has 0 amide bonds. The fraction of sp³-hybridized carbons (Fsp3) is 0.0208. The summed E-state index contributed by atoms with van der Waals surface area (Å²) >= 11 is 0. The molecule has 0 saturated heterocycles. The van der Waals surface area contributed by atoms with E-state index in [1.807, 2.05) is 0 Å². The summed E-state index contributed by atoms with van der Waals surface area (Å²) in [5, 5.41) is 7.33. The van der Waals surface area contributed by atoms with Gasteiger partial charge in [-0.05, 0) is 62.7 Å². The van der Waals surface area contributed by atoms with Crippen LogP contribution in [0.1, 0.15) is 22.7 Å². The largest absolute Gasteiger partial charge is 0.374 e. The van der Waals surface area contributed by atoms with E-state index in [-0.39, 0.29) is 6.04 Å². The molecule has 2 heteroatoms. The molecule has 50 heavy (non-hydrogen) atoms. The van der Waals surface area contributed by atoms with E-state index < -0.39 is 0 Å². The molecule has 9 rings (SSSR count). The van der Waals surface area contributed by atoms with Crippen LogP contribution in [0.2, 0.25) is 0 Å². The zero-order valence-electron chi connectivity index (χ0n) is 27.5. The Morgan fingerprint density at radius 2 is 0.980 bits per heavy atom. The van der Waals surface area contributed by atoms with Crippen LogP contribution in [0.3, 0.4) is 0 Å². The van der Waals surface area contributed by atoms with Crippen LogP contribution in [0.4, 0.5) is 0 Å². The number of pyridine rings is 1. The maximum Gasteiger partial charge on any atom is 0.0788 e. The van der Waals surface area contributed by atoms with Gasteiger partial charge in [0.05, 0.1) is 17.3 Å². The number of aromatic nitrogens is 1. The first-order valence-electron chi connectivity index (χ1n) is 17.2. The molecule has 1 aliphatic heterocycles. The van der Waals surface area contributed by atoms with Crippen molar-refractivity contribution in [3.05, 3.63) is 211 Å². The minimum Gasteiger partial charge on any atom is -0.374 e. The van der Waals surface area contributed by atoms with E-state index in [4.69, 9.17) is 4.98 Å². The molecule has 2 nitrogen and oxygen atoms in total. The molecule has 1 unspecified atom stereocenters. The molecule has 7 aromatic carbocycles. The van der Waals surface area contributed by atoms with E-state index in [0.717, 1.165) is 27.9 Å². The average Bonchev–Trinajstić information content (AvgIpc) is 3.21. The highest BCUT2D eigenvalue weighted by atomic mass is 14.9. The highest BCUT2D eigenvalue weighted by Gasteiger charge is 2.19. The molecule has 1 aliphatic rings. The minimum absolute atomic E-state index is 0.0854. The maximum atomic E-state index is 5.21. The van der Waals surface area contributed by atoms with E-state index in [0.29, 0.717) is 0 Å². The van der Waals surface area contributed by atoms with Crippen LogP contribution in [0.15, 0.2) is 194 Å². The van der Waals surface area contributed by atoms with Crippen molar-refractivity contribution in [2.45, 2.75) is 6.04 Å². The number of nitrogens with zero attached hydrogens (tertiary/aromatic N) is 1. The van der Waals surface area contributed by atoms with Crippen molar-refractivity contribution in [1.82, 2.24) is 10.3 Å². The standard InChI is InChI=1S/C48H34N2/c1-4-13-36(14-5-1)41-20-12-21-43-47(41)42-19-10-11-22-44(42)50-48(43)39-29-27-34(28-30-39)33-23-25-35(26-24-33)40-31-45(37-15-6-2-7-16-37)49-46(32-40)38-17-8-3-9-18-38/h1-32,45,49H. The summed E-state index contributed by atoms with van der Waals surface area (Å²) in [6.07, 6.45) is 4.60. The summed E-state index contributed by atoms with van der Waals surface area (Å²) in [4.78, 5) is 5.21. The van der Waals surface area contributed by atoms with E-state index in [1.54, 1.807) is 0 Å². The lowest BCUT2D eigenvalue weighted by Crippen LogP contribution is -2.21. The van der Waals surface area contributed by atoms with Gasteiger partial charge in [0.1, 0.15) is 0 Å². The van der Waals surface area contributed by atoms with Crippen LogP contribution >= 0.6 is 0 Å². The van der Waals surface area contributed by atoms with Gasteiger partial charge in [-0.2, -0.15) is 0 Å². The second-order valence-corrected chi connectivity index (χ2v) is 12.8. The first kappa shape index (κ1) is 29.6. The van der Waals surface area contributed by atoms with E-state index >= 15 is 0 Å². The van der Waals surface area contributed by atoms with Gasteiger partial charge >= 0.3 is 0 Å². The predicted octanol–water partition coefficient (Wildman–Crippen LogP) is 12.2. The summed E-state index contributed by atoms with van der Waals surface area (Å²) < 4.78 is 0. The molecule has 1 N–H and O–H groups in total. The van der Waals surface area contributed by atoms with Crippen LogP contribution in [0.25, 0.3) is 66.5 Å². The summed E-state index contributed by atoms with van der Waals surface area (Å²) in [5.41, 5.74) is 13.9. The Morgan fingerprint density at radius 3 is 1.68 bits per heavy atom. The Hall–Kier alpha value is -6.51. The molecular formula is C48H34N2. The van der Waals surface area contributed by atoms with Gasteiger partial charge in [-0.15, -0.1) is 0 Å². The van der Waals surface area contributed by atoms with Crippen molar-refractivity contribution < 1.29 is 0 Å². The zero-order chi connectivity index (χ0) is 33.3. The van der Waals surface area contributed by atoms with Crippen LogP contribution in [0.5, 0.6) is 0 Å². The topological polar surface area (TPSA) is 24.9 Å². The van der Waals surface area contributed by atoms with Crippen LogP contribution in [-0.2, 0) is 0 Å². The lowest BCUT2D eigenvalue weighted by molar-refractivity contribution is 0.767. The molecule has 1 atom stereocenters. The number of rotatable bonds is 6. The number of nitrogens with one attached hydrogen (secondary N) is 1. The Bertz CT molecular complexity index is 2510. The van der Waals surface area contributed by atoms with E-state index in [9.17, 15) is 0 Å². The molecule has 0 bridgehead atoms. The highest BCUT2D eigenvalue weighted by molar-refractivity contribution is 6.17. The third kappa shape index (κ3) is 5.57. The number of dihydropyridines is 1. The van der Waals surface area contributed by atoms with Crippen molar-refractivity contribution in [3.8, 4) is 33.5 Å². The number of allylic oxidation sites excluding steroid dienone is 2. The third-order valence-electron chi connectivity index (χ3n) is 9.72. The normalized spacial score (nSPS) is 14.2. The van der Waals surface area contributed by atoms with Gasteiger partial charge in [0.15, 0.2) is 0 Å². The van der Waals surface area contributed by atoms with Crippen molar-refractivity contribution in [3.63, 3.8) is 0 Å². The fourth-order valence-electron chi connectivity index (χ4n) is 7.19. The fourth-order valence-corrected chi connectivity index (χ4v) is 7.19. The van der Waals surface area contributed by atoms with Gasteiger partial charge in [-0.25, -0.2) is 4.98 Å². The Balaban J connectivity index is 1.06. The Kier molecular flexibility index (Phi) is 7.60. The van der Waals surface area contributed by atoms with Crippen molar-refractivity contribution in [2.24, 2.45) is 0 Å². The van der Waals surface area contributed by atoms with Gasteiger partial charge in [0.25, 0.3) is 0 Å². The Morgan fingerprint density at radius 1 is 0.420 bits per heavy atom. The van der Waals surface area contributed by atoms with Gasteiger partial charge in [0.2, 0.25) is 0 Å². The van der Waals surface area contributed by atoms with E-state index in [1.165, 1.54) is 55.3 Å².